The van der Waals surface area contributed by atoms with Crippen LogP contribution in [0.4, 0.5) is 13.2 Å². The Morgan fingerprint density at radius 3 is 2.07 bits per heavy atom. The molecule has 0 aliphatic carbocycles. The van der Waals surface area contributed by atoms with Crippen molar-refractivity contribution in [2.45, 2.75) is 56.0 Å². The Bertz CT molecular complexity index is 2070. The number of carboxylic acids is 1. The smallest absolute Gasteiger partial charge is 0.475 e. The molecule has 1 saturated heterocycles. The lowest BCUT2D eigenvalue weighted by Crippen LogP contribution is -2.46. The molecular weight excluding hydrogens is 734 g/mol. The van der Waals surface area contributed by atoms with Gasteiger partial charge in [-0.3, -0.25) is 14.7 Å². The fourth-order valence-corrected chi connectivity index (χ4v) is 6.82. The van der Waals surface area contributed by atoms with Gasteiger partial charge in [0.1, 0.15) is 0 Å². The van der Waals surface area contributed by atoms with Crippen LogP contribution in [0.3, 0.4) is 0 Å². The van der Waals surface area contributed by atoms with Gasteiger partial charge < -0.3 is 19.7 Å². The van der Waals surface area contributed by atoms with Crippen molar-refractivity contribution in [1.82, 2.24) is 20.1 Å². The van der Waals surface area contributed by atoms with Gasteiger partial charge in [0.25, 0.3) is 5.91 Å². The van der Waals surface area contributed by atoms with Gasteiger partial charge in [-0.25, -0.2) is 13.2 Å². The first-order valence-corrected chi connectivity index (χ1v) is 19.6. The van der Waals surface area contributed by atoms with E-state index in [4.69, 9.17) is 19.3 Å². The fourth-order valence-electron chi connectivity index (χ4n) is 6.19. The summed E-state index contributed by atoms with van der Waals surface area (Å²) in [5.74, 6) is -2.45. The zero-order valence-corrected chi connectivity index (χ0v) is 31.1. The van der Waals surface area contributed by atoms with Crippen molar-refractivity contribution in [3.8, 4) is 11.3 Å². The molecule has 0 radical (unpaired) electrons. The van der Waals surface area contributed by atoms with Crippen LogP contribution in [0.1, 0.15) is 45.7 Å². The van der Waals surface area contributed by atoms with Gasteiger partial charge in [0, 0.05) is 56.8 Å². The van der Waals surface area contributed by atoms with Crippen LogP contribution in [0.2, 0.25) is 0 Å². The second-order valence-corrected chi connectivity index (χ2v) is 15.3. The van der Waals surface area contributed by atoms with Crippen molar-refractivity contribution in [2.24, 2.45) is 0 Å². The third-order valence-electron chi connectivity index (χ3n) is 9.18. The molecule has 3 aromatic carbocycles. The van der Waals surface area contributed by atoms with E-state index in [1.54, 1.807) is 30.5 Å². The van der Waals surface area contributed by atoms with Crippen LogP contribution in [0.25, 0.3) is 11.3 Å². The molecule has 10 nitrogen and oxygen atoms in total. The minimum Gasteiger partial charge on any atom is -0.475 e. The van der Waals surface area contributed by atoms with Crippen LogP contribution < -0.4 is 5.32 Å². The second-order valence-electron chi connectivity index (χ2n) is 13.3. The number of nitrogens with zero attached hydrogens (tertiary/aromatic N) is 3. The number of halogens is 3. The van der Waals surface area contributed by atoms with E-state index in [0.29, 0.717) is 23.7 Å². The number of pyridine rings is 1. The molecule has 290 valence electrons. The SMILES string of the molecule is CS(=O)(=O)c1ccc(CCNCc2ccc(-c3ccc(CN(C(=O)c4ccco4)C4CCN(Cc5ccccc5)CC4)cc3)nc2)cc1.O=C(O)C(F)(F)F. The number of carbonyl (C=O) groups excluding carboxylic acids is 1. The van der Waals surface area contributed by atoms with E-state index in [2.05, 4.69) is 64.8 Å². The minimum atomic E-state index is -5.08. The molecule has 6 rings (SSSR count). The van der Waals surface area contributed by atoms with E-state index in [0.717, 1.165) is 73.4 Å². The van der Waals surface area contributed by atoms with Gasteiger partial charge in [0.2, 0.25) is 0 Å². The minimum absolute atomic E-state index is 0.0682. The topological polar surface area (TPSA) is 133 Å². The van der Waals surface area contributed by atoms with Crippen molar-refractivity contribution in [1.29, 1.82) is 0 Å². The highest BCUT2D eigenvalue weighted by molar-refractivity contribution is 7.90. The van der Waals surface area contributed by atoms with Crippen molar-refractivity contribution in [3.05, 3.63) is 144 Å². The molecule has 1 amide bonds. The summed E-state index contributed by atoms with van der Waals surface area (Å²) in [6, 6.07) is 33.7. The Kier molecular flexibility index (Phi) is 14.0. The number of hydrogen-bond acceptors (Lipinski definition) is 8. The normalized spacial score (nSPS) is 13.8. The molecule has 1 aliphatic heterocycles. The van der Waals surface area contributed by atoms with E-state index >= 15 is 0 Å². The number of nitrogens with one attached hydrogen (secondary N) is 1. The Balaban J connectivity index is 0.000000757. The molecule has 1 aliphatic rings. The van der Waals surface area contributed by atoms with Gasteiger partial charge >= 0.3 is 12.1 Å². The third kappa shape index (κ3) is 12.4. The van der Waals surface area contributed by atoms with Gasteiger partial charge in [-0.2, -0.15) is 13.2 Å². The van der Waals surface area contributed by atoms with Crippen LogP contribution >= 0.6 is 0 Å². The summed E-state index contributed by atoms with van der Waals surface area (Å²) in [6.45, 7) is 4.80. The van der Waals surface area contributed by atoms with Crippen molar-refractivity contribution in [3.63, 3.8) is 0 Å². The molecule has 1 fully saturated rings. The number of likely N-dealkylation sites (tertiary alicyclic amines) is 1. The van der Waals surface area contributed by atoms with E-state index in [1.807, 2.05) is 35.4 Å². The predicted molar refractivity (Wildman–Crippen MR) is 202 cm³/mol. The van der Waals surface area contributed by atoms with Crippen molar-refractivity contribution >= 4 is 21.7 Å². The number of aromatic nitrogens is 1. The molecule has 2 N–H and O–H groups in total. The maximum Gasteiger partial charge on any atom is 0.490 e. The van der Waals surface area contributed by atoms with Gasteiger partial charge in [0.15, 0.2) is 15.6 Å². The zero-order chi connectivity index (χ0) is 39.4. The summed E-state index contributed by atoms with van der Waals surface area (Å²) < 4.78 is 60.6. The molecular formula is C41H43F3N4O6S. The maximum absolute atomic E-state index is 13.6. The van der Waals surface area contributed by atoms with E-state index < -0.39 is 22.0 Å². The number of hydrogen-bond donors (Lipinski definition) is 2. The lowest BCUT2D eigenvalue weighted by atomic mass is 10.0. The Hall–Kier alpha value is -5.31. The summed E-state index contributed by atoms with van der Waals surface area (Å²) in [6.07, 6.45) is 2.23. The van der Waals surface area contributed by atoms with Gasteiger partial charge in [0.05, 0.1) is 16.9 Å². The van der Waals surface area contributed by atoms with Gasteiger partial charge in [-0.05, 0) is 78.4 Å². The van der Waals surface area contributed by atoms with E-state index in [1.165, 1.54) is 11.8 Å². The number of amides is 1. The first-order valence-electron chi connectivity index (χ1n) is 17.7. The van der Waals surface area contributed by atoms with Crippen LogP contribution in [0, 0.1) is 0 Å². The molecule has 55 heavy (non-hydrogen) atoms. The fraction of sp³-hybridized carbons (Fsp3) is 0.293. The average Bonchev–Trinajstić information content (AvgIpc) is 3.72. The summed E-state index contributed by atoms with van der Waals surface area (Å²) >= 11 is 0. The molecule has 0 atom stereocenters. The molecule has 3 heterocycles. The quantitative estimate of drug-likeness (QED) is 0.121. The number of rotatable bonds is 13. The molecule has 5 aromatic rings. The largest absolute Gasteiger partial charge is 0.490 e. The Morgan fingerprint density at radius 2 is 1.51 bits per heavy atom. The standard InChI is InChI=1S/C39H42N4O4S.C2HF3O2/c1-48(45,46)36-16-11-30(12-17-36)19-22-40-26-33-13-18-37(41-27-33)34-14-9-32(10-15-34)29-43(39(44)38-8-5-25-47-38)35-20-23-42(24-21-35)28-31-6-3-2-4-7-31;3-2(4,5)1(6)7/h2-18,25,27,35,40H,19-24,26,28-29H2,1H3;(H,6,7). The summed E-state index contributed by atoms with van der Waals surface area (Å²) in [7, 11) is -3.18. The van der Waals surface area contributed by atoms with Gasteiger partial charge in [-0.1, -0.05) is 72.8 Å². The number of alkyl halides is 3. The molecule has 0 spiro atoms. The van der Waals surface area contributed by atoms with Crippen LogP contribution in [-0.2, 0) is 40.7 Å². The molecule has 14 heteroatoms. The maximum atomic E-state index is 13.6. The monoisotopic (exact) mass is 776 g/mol. The molecule has 2 aromatic heterocycles. The second kappa shape index (κ2) is 18.8. The Labute approximate surface area is 318 Å². The van der Waals surface area contributed by atoms with E-state index in [-0.39, 0.29) is 11.9 Å². The lowest BCUT2D eigenvalue weighted by Gasteiger charge is -2.38. The van der Waals surface area contributed by atoms with E-state index in [9.17, 15) is 26.4 Å². The highest BCUT2D eigenvalue weighted by Crippen LogP contribution is 2.25. The highest BCUT2D eigenvalue weighted by Gasteiger charge is 2.38. The number of carbonyl (C=O) groups is 2. The molecule has 0 saturated carbocycles. The summed E-state index contributed by atoms with van der Waals surface area (Å²) in [4.78, 5) is 32.0. The van der Waals surface area contributed by atoms with Crippen LogP contribution in [0.15, 0.2) is 125 Å². The average molecular weight is 777 g/mol. The summed E-state index contributed by atoms with van der Waals surface area (Å²) in [5, 5.41) is 10.6. The third-order valence-corrected chi connectivity index (χ3v) is 10.3. The number of benzene rings is 3. The number of furan rings is 1. The zero-order valence-electron chi connectivity index (χ0n) is 30.3. The number of carboxylic acid groups (broad SMARTS) is 1. The summed E-state index contributed by atoms with van der Waals surface area (Å²) in [5.41, 5.74) is 6.47. The van der Waals surface area contributed by atoms with Crippen LogP contribution in [0.5, 0.6) is 0 Å². The molecule has 0 bridgehead atoms. The highest BCUT2D eigenvalue weighted by atomic mass is 32.2. The number of piperidine rings is 1. The van der Waals surface area contributed by atoms with Crippen molar-refractivity contribution in [2.75, 3.05) is 25.9 Å². The molecule has 0 unspecified atom stereocenters. The first-order chi connectivity index (χ1) is 26.3. The number of aliphatic carboxylic acids is 1. The lowest BCUT2D eigenvalue weighted by molar-refractivity contribution is -0.192. The number of sulfone groups is 1. The van der Waals surface area contributed by atoms with Gasteiger partial charge in [-0.15, -0.1) is 0 Å². The predicted octanol–water partition coefficient (Wildman–Crippen LogP) is 7.02. The van der Waals surface area contributed by atoms with Crippen LogP contribution in [-0.4, -0.2) is 78.3 Å². The van der Waals surface area contributed by atoms with Crippen molar-refractivity contribution < 1.29 is 40.7 Å². The Morgan fingerprint density at radius 1 is 0.873 bits per heavy atom. The first kappa shape index (κ1) is 40.9.